The van der Waals surface area contributed by atoms with Gasteiger partial charge in [-0.05, 0) is 23.3 Å². The Kier molecular flexibility index (Phi) is 5.01. The van der Waals surface area contributed by atoms with Crippen molar-refractivity contribution in [3.05, 3.63) is 22.4 Å². The summed E-state index contributed by atoms with van der Waals surface area (Å²) in [5.41, 5.74) is 0. The lowest BCUT2D eigenvalue weighted by molar-refractivity contribution is -0.129. The Balaban J connectivity index is 0.00000147. The summed E-state index contributed by atoms with van der Waals surface area (Å²) < 4.78 is 0. The largest absolute Gasteiger partial charge is 0.342 e. The fourth-order valence-electron chi connectivity index (χ4n) is 2.82. The third kappa shape index (κ3) is 3.13. The second-order valence-electron chi connectivity index (χ2n) is 5.14. The lowest BCUT2D eigenvalue weighted by Crippen LogP contribution is -2.40. The first-order chi connectivity index (χ1) is 9.24. The molecule has 1 aromatic heterocycles. The minimum atomic E-state index is -0.163. The topological polar surface area (TPSA) is 61.4 Å². The zero-order chi connectivity index (χ0) is 13.2. The number of hydrogen-bond donors (Lipinski definition) is 2. The maximum atomic E-state index is 12.0. The standard InChI is InChI=1S/C13H17N3O2S.ClH/c17-12(6-15-13(18)11-2-1-3-19-11)16-7-9-4-14-5-10(9)8-16;/h1-3,9-10,14H,4-8H2,(H,15,18);1H/t9-,10+;. The van der Waals surface area contributed by atoms with Gasteiger partial charge in [0.05, 0.1) is 11.4 Å². The zero-order valence-electron chi connectivity index (χ0n) is 11.0. The summed E-state index contributed by atoms with van der Waals surface area (Å²) in [5.74, 6) is 1.05. The molecule has 2 N–H and O–H groups in total. The van der Waals surface area contributed by atoms with Gasteiger partial charge < -0.3 is 15.5 Å². The van der Waals surface area contributed by atoms with Crippen molar-refractivity contribution in [2.45, 2.75) is 0 Å². The Hall–Kier alpha value is -1.11. The van der Waals surface area contributed by atoms with Crippen LogP contribution >= 0.6 is 23.7 Å². The van der Waals surface area contributed by atoms with E-state index in [1.54, 1.807) is 6.07 Å². The lowest BCUT2D eigenvalue weighted by atomic mass is 10.0. The molecule has 0 aromatic carbocycles. The van der Waals surface area contributed by atoms with E-state index in [4.69, 9.17) is 0 Å². The van der Waals surface area contributed by atoms with Gasteiger partial charge in [-0.15, -0.1) is 23.7 Å². The van der Waals surface area contributed by atoms with Crippen molar-refractivity contribution < 1.29 is 9.59 Å². The van der Waals surface area contributed by atoms with Gasteiger partial charge >= 0.3 is 0 Å². The molecule has 0 aliphatic carbocycles. The smallest absolute Gasteiger partial charge is 0.261 e. The lowest BCUT2D eigenvalue weighted by Gasteiger charge is -2.17. The Bertz CT molecular complexity index is 468. The van der Waals surface area contributed by atoms with Crippen LogP contribution in [0.25, 0.3) is 0 Å². The number of rotatable bonds is 3. The van der Waals surface area contributed by atoms with Crippen LogP contribution in [0, 0.1) is 11.8 Å². The summed E-state index contributed by atoms with van der Waals surface area (Å²) >= 11 is 1.38. The number of halogens is 1. The molecule has 0 spiro atoms. The predicted octanol–water partition coefficient (Wildman–Crippen LogP) is 0.577. The van der Waals surface area contributed by atoms with Crippen molar-refractivity contribution in [2.75, 3.05) is 32.7 Å². The number of carbonyl (C=O) groups is 2. The number of hydrogen-bond acceptors (Lipinski definition) is 4. The summed E-state index contributed by atoms with van der Waals surface area (Å²) in [7, 11) is 0. The van der Waals surface area contributed by atoms with Gasteiger partial charge in [-0.3, -0.25) is 9.59 Å². The number of fused-ring (bicyclic) bond motifs is 1. The molecular weight excluding hydrogens is 298 g/mol. The van der Waals surface area contributed by atoms with Crippen LogP contribution in [0.1, 0.15) is 9.67 Å². The van der Waals surface area contributed by atoms with Gasteiger partial charge in [0.25, 0.3) is 5.91 Å². The predicted molar refractivity (Wildman–Crippen MR) is 80.3 cm³/mol. The summed E-state index contributed by atoms with van der Waals surface area (Å²) in [6, 6.07) is 3.59. The Morgan fingerprint density at radius 2 is 2.05 bits per heavy atom. The van der Waals surface area contributed by atoms with E-state index in [1.807, 2.05) is 16.3 Å². The molecule has 2 atom stereocenters. The van der Waals surface area contributed by atoms with Gasteiger partial charge in [0.15, 0.2) is 0 Å². The minimum Gasteiger partial charge on any atom is -0.342 e. The van der Waals surface area contributed by atoms with Crippen LogP contribution in [0.15, 0.2) is 17.5 Å². The molecule has 3 rings (SSSR count). The van der Waals surface area contributed by atoms with E-state index in [9.17, 15) is 9.59 Å². The molecule has 0 bridgehead atoms. The molecule has 7 heteroatoms. The zero-order valence-corrected chi connectivity index (χ0v) is 12.6. The van der Waals surface area contributed by atoms with Gasteiger partial charge in [-0.1, -0.05) is 6.07 Å². The molecule has 3 heterocycles. The van der Waals surface area contributed by atoms with Crippen molar-refractivity contribution in [3.8, 4) is 0 Å². The van der Waals surface area contributed by atoms with Crippen molar-refractivity contribution >= 4 is 35.6 Å². The van der Waals surface area contributed by atoms with E-state index in [0.29, 0.717) is 16.7 Å². The number of nitrogens with one attached hydrogen (secondary N) is 2. The summed E-state index contributed by atoms with van der Waals surface area (Å²) in [5, 5.41) is 7.89. The van der Waals surface area contributed by atoms with E-state index in [1.165, 1.54) is 11.3 Å². The van der Waals surface area contributed by atoms with Crippen molar-refractivity contribution in [1.29, 1.82) is 0 Å². The van der Waals surface area contributed by atoms with E-state index in [2.05, 4.69) is 10.6 Å². The summed E-state index contributed by atoms with van der Waals surface area (Å²) in [4.78, 5) is 26.3. The fourth-order valence-corrected chi connectivity index (χ4v) is 3.46. The van der Waals surface area contributed by atoms with E-state index >= 15 is 0 Å². The van der Waals surface area contributed by atoms with Crippen molar-refractivity contribution in [2.24, 2.45) is 11.8 Å². The van der Waals surface area contributed by atoms with Crippen LogP contribution in [-0.4, -0.2) is 49.4 Å². The van der Waals surface area contributed by atoms with Gasteiger partial charge in [0, 0.05) is 26.2 Å². The van der Waals surface area contributed by atoms with Crippen LogP contribution in [0.3, 0.4) is 0 Å². The van der Waals surface area contributed by atoms with Gasteiger partial charge in [0.1, 0.15) is 0 Å². The number of thiophene rings is 1. The molecule has 1 aromatic rings. The van der Waals surface area contributed by atoms with Gasteiger partial charge in [0.2, 0.25) is 5.91 Å². The van der Waals surface area contributed by atoms with Crippen LogP contribution < -0.4 is 10.6 Å². The number of carbonyl (C=O) groups excluding carboxylic acids is 2. The first-order valence-corrected chi connectivity index (χ1v) is 7.42. The normalized spacial score (nSPS) is 24.1. The van der Waals surface area contributed by atoms with Crippen LogP contribution in [-0.2, 0) is 4.79 Å². The molecule has 0 unspecified atom stereocenters. The summed E-state index contributed by atoms with van der Waals surface area (Å²) in [6.45, 7) is 3.77. The maximum Gasteiger partial charge on any atom is 0.261 e. The molecule has 20 heavy (non-hydrogen) atoms. The quantitative estimate of drug-likeness (QED) is 0.857. The first-order valence-electron chi connectivity index (χ1n) is 6.54. The monoisotopic (exact) mass is 315 g/mol. The number of likely N-dealkylation sites (tertiary alicyclic amines) is 1. The second-order valence-corrected chi connectivity index (χ2v) is 6.08. The van der Waals surface area contributed by atoms with Crippen molar-refractivity contribution in [1.82, 2.24) is 15.5 Å². The van der Waals surface area contributed by atoms with Gasteiger partial charge in [-0.2, -0.15) is 0 Å². The highest BCUT2D eigenvalue weighted by Gasteiger charge is 2.37. The average Bonchev–Trinajstić information content (AvgIpc) is 3.09. The van der Waals surface area contributed by atoms with Crippen LogP contribution in [0.4, 0.5) is 0 Å². The third-order valence-electron chi connectivity index (χ3n) is 3.89. The van der Waals surface area contributed by atoms with Crippen molar-refractivity contribution in [3.63, 3.8) is 0 Å². The highest BCUT2D eigenvalue weighted by molar-refractivity contribution is 7.12. The summed E-state index contributed by atoms with van der Waals surface area (Å²) in [6.07, 6.45) is 0. The highest BCUT2D eigenvalue weighted by Crippen LogP contribution is 2.25. The molecule has 5 nitrogen and oxygen atoms in total. The SMILES string of the molecule is Cl.O=C(NCC(=O)N1C[C@H]2CNC[C@H]2C1)c1cccs1. The Labute approximate surface area is 128 Å². The Morgan fingerprint density at radius 1 is 1.35 bits per heavy atom. The number of amides is 2. The van der Waals surface area contributed by atoms with Crippen LogP contribution in [0.2, 0.25) is 0 Å². The molecule has 2 aliphatic heterocycles. The average molecular weight is 316 g/mol. The van der Waals surface area contributed by atoms with E-state index in [-0.39, 0.29) is 30.8 Å². The maximum absolute atomic E-state index is 12.0. The highest BCUT2D eigenvalue weighted by atomic mass is 35.5. The fraction of sp³-hybridized carbons (Fsp3) is 0.538. The molecule has 2 fully saturated rings. The molecule has 0 radical (unpaired) electrons. The minimum absolute atomic E-state index is 0. The van der Waals surface area contributed by atoms with E-state index in [0.717, 1.165) is 26.2 Å². The van der Waals surface area contributed by atoms with Gasteiger partial charge in [-0.25, -0.2) is 0 Å². The second kappa shape index (κ2) is 6.56. The molecule has 2 saturated heterocycles. The first kappa shape index (κ1) is 15.3. The number of nitrogens with zero attached hydrogens (tertiary/aromatic N) is 1. The molecule has 2 amide bonds. The molecule has 2 aliphatic rings. The Morgan fingerprint density at radius 3 is 2.65 bits per heavy atom. The molecule has 110 valence electrons. The third-order valence-corrected chi connectivity index (χ3v) is 4.76. The molecular formula is C13H18ClN3O2S. The van der Waals surface area contributed by atoms with Crippen LogP contribution in [0.5, 0.6) is 0 Å². The van der Waals surface area contributed by atoms with E-state index < -0.39 is 0 Å². The molecule has 0 saturated carbocycles.